The number of rotatable bonds is 5. The van der Waals surface area contributed by atoms with Gasteiger partial charge in [0.25, 0.3) is 0 Å². The molecule has 0 spiro atoms. The van der Waals surface area contributed by atoms with Gasteiger partial charge < -0.3 is 5.73 Å². The van der Waals surface area contributed by atoms with Gasteiger partial charge in [0.2, 0.25) is 0 Å². The van der Waals surface area contributed by atoms with Crippen LogP contribution in [0.5, 0.6) is 0 Å². The number of hydrogen-bond donors (Lipinski definition) is 1. The number of aryl methyl sites for hydroxylation is 1. The van der Waals surface area contributed by atoms with E-state index in [0.717, 1.165) is 23.0 Å². The van der Waals surface area contributed by atoms with Crippen LogP contribution in [0.25, 0.3) is 0 Å². The minimum Gasteiger partial charge on any atom is -0.384 e. The quantitative estimate of drug-likeness (QED) is 0.462. The predicted octanol–water partition coefficient (Wildman–Crippen LogP) is 2.51. The van der Waals surface area contributed by atoms with Crippen molar-refractivity contribution in [1.29, 1.82) is 0 Å². The first kappa shape index (κ1) is 11.3. The molecule has 0 radical (unpaired) electrons. The number of unbranched alkanes of at least 4 members (excludes halogenated alkanes) is 1. The van der Waals surface area contributed by atoms with E-state index in [0.29, 0.717) is 5.82 Å². The Morgan fingerprint density at radius 2 is 2.14 bits per heavy atom. The maximum atomic E-state index is 5.67. The van der Waals surface area contributed by atoms with Crippen LogP contribution in [0.2, 0.25) is 0 Å². The molecule has 78 valence electrons. The first-order chi connectivity index (χ1) is 6.76. The summed E-state index contributed by atoms with van der Waals surface area (Å²) >= 11 is 1.76. The van der Waals surface area contributed by atoms with Gasteiger partial charge >= 0.3 is 0 Å². The van der Waals surface area contributed by atoms with E-state index in [1.165, 1.54) is 12.8 Å². The molecule has 1 aromatic rings. The predicted molar refractivity (Wildman–Crippen MR) is 61.5 cm³/mol. The lowest BCUT2D eigenvalue weighted by atomic mass is 10.4. The highest BCUT2D eigenvalue weighted by Crippen LogP contribution is 2.18. The van der Waals surface area contributed by atoms with Crippen LogP contribution in [-0.2, 0) is 6.42 Å². The Morgan fingerprint density at radius 3 is 2.79 bits per heavy atom. The monoisotopic (exact) mass is 211 g/mol. The molecule has 1 aromatic heterocycles. The van der Waals surface area contributed by atoms with E-state index in [1.54, 1.807) is 11.8 Å². The third-order valence-electron chi connectivity index (χ3n) is 1.83. The first-order valence-corrected chi connectivity index (χ1v) is 6.01. The van der Waals surface area contributed by atoms with Crippen molar-refractivity contribution < 1.29 is 0 Å². The van der Waals surface area contributed by atoms with Crippen LogP contribution in [0.15, 0.2) is 11.1 Å². The smallest absolute Gasteiger partial charge is 0.131 e. The molecule has 1 rings (SSSR count). The molecule has 4 heteroatoms. The molecule has 0 bridgehead atoms. The van der Waals surface area contributed by atoms with Crippen LogP contribution in [0.4, 0.5) is 5.82 Å². The van der Waals surface area contributed by atoms with E-state index < -0.39 is 0 Å². The minimum atomic E-state index is 0.579. The number of thioether (sulfide) groups is 1. The summed E-state index contributed by atoms with van der Waals surface area (Å²) in [5.41, 5.74) is 5.67. The summed E-state index contributed by atoms with van der Waals surface area (Å²) in [6.07, 6.45) is 3.27. The van der Waals surface area contributed by atoms with Gasteiger partial charge in [0.15, 0.2) is 0 Å². The van der Waals surface area contributed by atoms with Crippen molar-refractivity contribution in [2.45, 2.75) is 38.1 Å². The van der Waals surface area contributed by atoms with E-state index in [2.05, 4.69) is 16.9 Å². The molecule has 1 heterocycles. The Bertz CT molecular complexity index is 289. The molecule has 0 unspecified atom stereocenters. The average molecular weight is 211 g/mol. The van der Waals surface area contributed by atoms with E-state index in [4.69, 9.17) is 5.73 Å². The number of nitrogen functional groups attached to an aromatic ring is 1. The normalized spacial score (nSPS) is 10.4. The van der Waals surface area contributed by atoms with Crippen LogP contribution in [0, 0.1) is 0 Å². The molecular formula is C10H17N3S. The lowest BCUT2D eigenvalue weighted by Gasteiger charge is -2.03. The highest BCUT2D eigenvalue weighted by atomic mass is 32.2. The van der Waals surface area contributed by atoms with Gasteiger partial charge in [0, 0.05) is 12.5 Å². The summed E-state index contributed by atoms with van der Waals surface area (Å²) in [5.74, 6) is 2.52. The van der Waals surface area contributed by atoms with Gasteiger partial charge in [-0.05, 0) is 12.2 Å². The fourth-order valence-corrected chi connectivity index (χ4v) is 2.06. The van der Waals surface area contributed by atoms with Gasteiger partial charge in [-0.3, -0.25) is 0 Å². The summed E-state index contributed by atoms with van der Waals surface area (Å²) < 4.78 is 0. The number of aromatic nitrogens is 2. The van der Waals surface area contributed by atoms with Gasteiger partial charge in [0.1, 0.15) is 16.7 Å². The SMILES string of the molecule is CCCCSc1cc(N)nc(CC)n1. The maximum absolute atomic E-state index is 5.67. The van der Waals surface area contributed by atoms with Gasteiger partial charge in [-0.25, -0.2) is 9.97 Å². The molecule has 0 saturated carbocycles. The summed E-state index contributed by atoms with van der Waals surface area (Å²) in [4.78, 5) is 8.53. The highest BCUT2D eigenvalue weighted by Gasteiger charge is 2.01. The van der Waals surface area contributed by atoms with Crippen molar-refractivity contribution in [3.63, 3.8) is 0 Å². The van der Waals surface area contributed by atoms with Gasteiger partial charge in [-0.1, -0.05) is 20.3 Å². The molecule has 2 N–H and O–H groups in total. The van der Waals surface area contributed by atoms with Crippen LogP contribution < -0.4 is 5.73 Å². The Hall–Kier alpha value is -0.770. The second kappa shape index (κ2) is 5.86. The van der Waals surface area contributed by atoms with E-state index >= 15 is 0 Å². The van der Waals surface area contributed by atoms with Crippen LogP contribution in [-0.4, -0.2) is 15.7 Å². The molecule has 0 atom stereocenters. The minimum absolute atomic E-state index is 0.579. The first-order valence-electron chi connectivity index (χ1n) is 5.02. The highest BCUT2D eigenvalue weighted by molar-refractivity contribution is 7.99. The summed E-state index contributed by atoms with van der Waals surface area (Å²) in [6, 6.07) is 1.85. The fraction of sp³-hybridized carbons (Fsp3) is 0.600. The zero-order chi connectivity index (χ0) is 10.4. The maximum Gasteiger partial charge on any atom is 0.131 e. The largest absolute Gasteiger partial charge is 0.384 e. The van der Waals surface area contributed by atoms with E-state index in [1.807, 2.05) is 13.0 Å². The van der Waals surface area contributed by atoms with Gasteiger partial charge in [0.05, 0.1) is 0 Å². The van der Waals surface area contributed by atoms with Crippen molar-refractivity contribution in [2.75, 3.05) is 11.5 Å². The van der Waals surface area contributed by atoms with Crippen LogP contribution in [0.1, 0.15) is 32.5 Å². The van der Waals surface area contributed by atoms with Crippen LogP contribution >= 0.6 is 11.8 Å². The zero-order valence-corrected chi connectivity index (χ0v) is 9.60. The third kappa shape index (κ3) is 3.54. The Morgan fingerprint density at radius 1 is 1.36 bits per heavy atom. The van der Waals surface area contributed by atoms with Gasteiger partial charge in [-0.15, -0.1) is 11.8 Å². The zero-order valence-electron chi connectivity index (χ0n) is 8.79. The standard InChI is InChI=1S/C10H17N3S/c1-3-5-6-14-10-7-8(11)12-9(4-2)13-10/h7H,3-6H2,1-2H3,(H2,11,12,13). The number of hydrogen-bond acceptors (Lipinski definition) is 4. The lowest BCUT2D eigenvalue weighted by Crippen LogP contribution is -1.99. The Balaban J connectivity index is 2.62. The molecule has 0 amide bonds. The van der Waals surface area contributed by atoms with Gasteiger partial charge in [-0.2, -0.15) is 0 Å². The average Bonchev–Trinajstić information content (AvgIpc) is 2.17. The third-order valence-corrected chi connectivity index (χ3v) is 2.83. The number of nitrogens with two attached hydrogens (primary N) is 1. The Kier molecular flexibility index (Phi) is 4.73. The van der Waals surface area contributed by atoms with Crippen LogP contribution in [0.3, 0.4) is 0 Å². The van der Waals surface area contributed by atoms with Crippen molar-refractivity contribution in [2.24, 2.45) is 0 Å². The topological polar surface area (TPSA) is 51.8 Å². The number of anilines is 1. The van der Waals surface area contributed by atoms with Crippen molar-refractivity contribution in [3.05, 3.63) is 11.9 Å². The molecule has 0 saturated heterocycles. The fourth-order valence-electron chi connectivity index (χ4n) is 1.05. The lowest BCUT2D eigenvalue weighted by molar-refractivity contribution is 0.879. The summed E-state index contributed by atoms with van der Waals surface area (Å²) in [5, 5.41) is 1.00. The van der Waals surface area contributed by atoms with E-state index in [-0.39, 0.29) is 0 Å². The molecule has 3 nitrogen and oxygen atoms in total. The van der Waals surface area contributed by atoms with Crippen molar-refractivity contribution in [3.8, 4) is 0 Å². The molecule has 0 aromatic carbocycles. The summed E-state index contributed by atoms with van der Waals surface area (Å²) in [6.45, 7) is 4.22. The number of nitrogens with zero attached hydrogens (tertiary/aromatic N) is 2. The second-order valence-corrected chi connectivity index (χ2v) is 4.22. The molecule has 14 heavy (non-hydrogen) atoms. The van der Waals surface area contributed by atoms with E-state index in [9.17, 15) is 0 Å². The molecule has 0 aliphatic rings. The molecule has 0 aliphatic carbocycles. The molecular weight excluding hydrogens is 194 g/mol. The van der Waals surface area contributed by atoms with Crippen molar-refractivity contribution >= 4 is 17.6 Å². The van der Waals surface area contributed by atoms with Crippen molar-refractivity contribution in [1.82, 2.24) is 9.97 Å². The molecule has 0 aliphatic heterocycles. The molecule has 0 fully saturated rings. The summed E-state index contributed by atoms with van der Waals surface area (Å²) in [7, 11) is 0. The Labute approximate surface area is 89.5 Å². The second-order valence-electron chi connectivity index (χ2n) is 3.10.